The number of carbonyl (C=O) groups excluding carboxylic acids is 1. The van der Waals surface area contributed by atoms with Crippen LogP contribution in [-0.4, -0.2) is 22.5 Å². The first kappa shape index (κ1) is 21.3. The minimum atomic E-state index is -0.343. The molecule has 0 amide bonds. The molecule has 158 valence electrons. The van der Waals surface area contributed by atoms with E-state index in [1.54, 1.807) is 18.7 Å². The third-order valence-electron chi connectivity index (χ3n) is 4.68. The lowest BCUT2D eigenvalue weighted by Crippen LogP contribution is -2.03. The Labute approximate surface area is 189 Å². The van der Waals surface area contributed by atoms with Gasteiger partial charge in [-0.15, -0.1) is 23.1 Å². The zero-order valence-corrected chi connectivity index (χ0v) is 19.2. The Morgan fingerprint density at radius 1 is 1.03 bits per heavy atom. The molecule has 5 nitrogen and oxygen atoms in total. The lowest BCUT2D eigenvalue weighted by molar-refractivity contribution is 0.0531. The molecule has 0 spiro atoms. The van der Waals surface area contributed by atoms with Crippen molar-refractivity contribution < 1.29 is 14.3 Å². The zero-order valence-electron chi connectivity index (χ0n) is 17.5. The van der Waals surface area contributed by atoms with Crippen molar-refractivity contribution in [1.29, 1.82) is 0 Å². The van der Waals surface area contributed by atoms with Crippen molar-refractivity contribution in [3.63, 3.8) is 0 Å². The second kappa shape index (κ2) is 9.49. The van der Waals surface area contributed by atoms with Crippen LogP contribution in [0.2, 0.25) is 0 Å². The van der Waals surface area contributed by atoms with Gasteiger partial charge in [-0.2, -0.15) is 4.98 Å². The Kier molecular flexibility index (Phi) is 6.53. The average Bonchev–Trinajstić information content (AvgIpc) is 3.11. The monoisotopic (exact) mass is 450 g/mol. The highest BCUT2D eigenvalue weighted by atomic mass is 32.2. The van der Waals surface area contributed by atoms with Gasteiger partial charge >= 0.3 is 5.97 Å². The summed E-state index contributed by atoms with van der Waals surface area (Å²) in [5, 5.41) is 0.754. The molecular formula is C24H22N2O3S2. The number of esters is 1. The van der Waals surface area contributed by atoms with Gasteiger partial charge in [-0.3, -0.25) is 0 Å². The van der Waals surface area contributed by atoms with Crippen LogP contribution in [0, 0.1) is 13.8 Å². The van der Waals surface area contributed by atoms with Crippen LogP contribution in [0.1, 0.15) is 33.5 Å². The summed E-state index contributed by atoms with van der Waals surface area (Å²) < 4.78 is 11.5. The van der Waals surface area contributed by atoms with E-state index in [2.05, 4.69) is 12.1 Å². The smallest absolute Gasteiger partial charge is 0.348 e. The van der Waals surface area contributed by atoms with Crippen molar-refractivity contribution in [2.24, 2.45) is 0 Å². The largest absolute Gasteiger partial charge is 0.462 e. The van der Waals surface area contributed by atoms with Gasteiger partial charge in [0.05, 0.1) is 17.7 Å². The number of thioether (sulfide) groups is 1. The summed E-state index contributed by atoms with van der Waals surface area (Å²) in [6.45, 7) is 6.00. The summed E-state index contributed by atoms with van der Waals surface area (Å²) >= 11 is 2.98. The van der Waals surface area contributed by atoms with Crippen LogP contribution in [0.15, 0.2) is 59.5 Å². The summed E-state index contributed by atoms with van der Waals surface area (Å²) in [4.78, 5) is 24.3. The number of carbonyl (C=O) groups is 1. The number of aryl methyl sites for hydroxylation is 2. The maximum Gasteiger partial charge on any atom is 0.348 e. The Hall–Kier alpha value is -2.90. The molecule has 2 aromatic carbocycles. The lowest BCUT2D eigenvalue weighted by Gasteiger charge is -2.11. The SMILES string of the molecule is CCOC(=O)c1sc2nc(CSc3ccccc3)nc(Oc3ccccc3C)c2c1C. The number of ether oxygens (including phenoxy) is 2. The summed E-state index contributed by atoms with van der Waals surface area (Å²) in [6, 6.07) is 17.9. The number of hydrogen-bond acceptors (Lipinski definition) is 7. The Bertz CT molecular complexity index is 1220. The van der Waals surface area contributed by atoms with Crippen molar-refractivity contribution >= 4 is 39.3 Å². The first-order valence-corrected chi connectivity index (χ1v) is 11.8. The van der Waals surface area contributed by atoms with Gasteiger partial charge in [0, 0.05) is 4.90 Å². The maximum absolute atomic E-state index is 12.4. The molecule has 0 saturated carbocycles. The minimum Gasteiger partial charge on any atom is -0.462 e. The molecule has 0 atom stereocenters. The first-order valence-electron chi connectivity index (χ1n) is 9.95. The number of benzene rings is 2. The van der Waals surface area contributed by atoms with Gasteiger partial charge in [0.1, 0.15) is 21.3 Å². The number of rotatable bonds is 7. The van der Waals surface area contributed by atoms with E-state index in [1.165, 1.54) is 11.3 Å². The second-order valence-electron chi connectivity index (χ2n) is 6.87. The highest BCUT2D eigenvalue weighted by molar-refractivity contribution is 7.98. The molecule has 7 heteroatoms. The minimum absolute atomic E-state index is 0.323. The van der Waals surface area contributed by atoms with Crippen LogP contribution in [0.5, 0.6) is 11.6 Å². The van der Waals surface area contributed by atoms with Gasteiger partial charge < -0.3 is 9.47 Å². The fourth-order valence-corrected chi connectivity index (χ4v) is 4.97. The van der Waals surface area contributed by atoms with Crippen LogP contribution in [0.25, 0.3) is 10.2 Å². The molecule has 2 heterocycles. The van der Waals surface area contributed by atoms with Gasteiger partial charge in [-0.1, -0.05) is 36.4 Å². The highest BCUT2D eigenvalue weighted by Gasteiger charge is 2.23. The van der Waals surface area contributed by atoms with Gasteiger partial charge in [0.15, 0.2) is 0 Å². The predicted octanol–water partition coefficient (Wildman–Crippen LogP) is 6.57. The van der Waals surface area contributed by atoms with E-state index in [0.717, 1.165) is 32.0 Å². The molecule has 0 saturated heterocycles. The number of para-hydroxylation sites is 1. The first-order chi connectivity index (χ1) is 15.1. The van der Waals surface area contributed by atoms with E-state index < -0.39 is 0 Å². The fraction of sp³-hybridized carbons (Fsp3) is 0.208. The molecular weight excluding hydrogens is 428 g/mol. The highest BCUT2D eigenvalue weighted by Crippen LogP contribution is 2.38. The third-order valence-corrected chi connectivity index (χ3v) is 6.85. The van der Waals surface area contributed by atoms with Crippen LogP contribution >= 0.6 is 23.1 Å². The fourth-order valence-electron chi connectivity index (χ4n) is 3.11. The number of hydrogen-bond donors (Lipinski definition) is 0. The molecule has 0 radical (unpaired) electrons. The molecule has 0 aliphatic rings. The number of nitrogens with zero attached hydrogens (tertiary/aromatic N) is 2. The maximum atomic E-state index is 12.4. The second-order valence-corrected chi connectivity index (χ2v) is 8.92. The van der Waals surface area contributed by atoms with E-state index in [-0.39, 0.29) is 5.97 Å². The molecule has 0 N–H and O–H groups in total. The van der Waals surface area contributed by atoms with Gasteiger partial charge in [0.2, 0.25) is 5.88 Å². The van der Waals surface area contributed by atoms with Crippen LogP contribution in [0.4, 0.5) is 0 Å². The van der Waals surface area contributed by atoms with Crippen LogP contribution in [0.3, 0.4) is 0 Å². The number of aromatic nitrogens is 2. The summed E-state index contributed by atoms with van der Waals surface area (Å²) in [5.74, 6) is 2.10. The third kappa shape index (κ3) is 4.73. The van der Waals surface area contributed by atoms with E-state index in [9.17, 15) is 4.79 Å². The van der Waals surface area contributed by atoms with Crippen molar-refractivity contribution in [3.05, 3.63) is 76.4 Å². The molecule has 0 aliphatic heterocycles. The molecule has 0 bridgehead atoms. The zero-order chi connectivity index (χ0) is 21.8. The molecule has 0 unspecified atom stereocenters. The standard InChI is InChI=1S/C24H22N2O3S2/c1-4-28-24(27)21-16(3)20-22(29-18-13-9-8-10-15(18)2)25-19(26-23(20)31-21)14-30-17-11-6-5-7-12-17/h5-13H,4,14H2,1-3H3. The summed E-state index contributed by atoms with van der Waals surface area (Å²) in [6.07, 6.45) is 0. The molecule has 4 rings (SSSR count). The van der Waals surface area contributed by atoms with Gasteiger partial charge in [0.25, 0.3) is 0 Å². The lowest BCUT2D eigenvalue weighted by atomic mass is 10.2. The van der Waals surface area contributed by atoms with Crippen molar-refractivity contribution in [3.8, 4) is 11.6 Å². The molecule has 4 aromatic rings. The molecule has 31 heavy (non-hydrogen) atoms. The predicted molar refractivity (Wildman–Crippen MR) is 125 cm³/mol. The van der Waals surface area contributed by atoms with Crippen molar-refractivity contribution in [2.75, 3.05) is 6.61 Å². The Morgan fingerprint density at radius 2 is 1.77 bits per heavy atom. The van der Waals surface area contributed by atoms with Crippen LogP contribution < -0.4 is 4.74 Å². The average molecular weight is 451 g/mol. The van der Waals surface area contributed by atoms with Crippen molar-refractivity contribution in [1.82, 2.24) is 9.97 Å². The van der Waals surface area contributed by atoms with Gasteiger partial charge in [-0.05, 0) is 50.1 Å². The van der Waals surface area contributed by atoms with Crippen molar-refractivity contribution in [2.45, 2.75) is 31.4 Å². The normalized spacial score (nSPS) is 10.9. The summed E-state index contributed by atoms with van der Waals surface area (Å²) in [5.41, 5.74) is 1.79. The molecule has 0 aliphatic carbocycles. The Morgan fingerprint density at radius 3 is 2.52 bits per heavy atom. The number of fused-ring (bicyclic) bond motifs is 1. The number of thiophene rings is 1. The van der Waals surface area contributed by atoms with Crippen LogP contribution in [-0.2, 0) is 10.5 Å². The van der Waals surface area contributed by atoms with E-state index in [4.69, 9.17) is 19.4 Å². The van der Waals surface area contributed by atoms with E-state index in [0.29, 0.717) is 28.9 Å². The van der Waals surface area contributed by atoms with E-state index in [1.807, 2.05) is 56.3 Å². The topological polar surface area (TPSA) is 61.3 Å². The summed E-state index contributed by atoms with van der Waals surface area (Å²) in [7, 11) is 0. The van der Waals surface area contributed by atoms with Gasteiger partial charge in [-0.25, -0.2) is 9.78 Å². The molecule has 2 aromatic heterocycles. The van der Waals surface area contributed by atoms with E-state index >= 15 is 0 Å². The Balaban J connectivity index is 1.77. The molecule has 0 fully saturated rings. The quantitative estimate of drug-likeness (QED) is 0.234.